The van der Waals surface area contributed by atoms with Gasteiger partial charge in [0.2, 0.25) is 0 Å². The van der Waals surface area contributed by atoms with Crippen LogP contribution < -0.4 is 4.74 Å². The molecule has 22 heavy (non-hydrogen) atoms. The third kappa shape index (κ3) is 2.59. The molecule has 1 aromatic carbocycles. The Bertz CT molecular complexity index is 670. The van der Waals surface area contributed by atoms with Gasteiger partial charge < -0.3 is 4.74 Å². The van der Waals surface area contributed by atoms with E-state index in [1.807, 2.05) is 19.3 Å². The number of hydrogen-bond donors (Lipinski definition) is 0. The van der Waals surface area contributed by atoms with Crippen LogP contribution in [0.3, 0.4) is 0 Å². The number of rotatable bonds is 2. The largest absolute Gasteiger partial charge is 0.486 e. The number of para-hydroxylation sites is 1. The quantitative estimate of drug-likeness (QED) is 0.854. The normalized spacial score (nSPS) is 24.2. The molecule has 4 nitrogen and oxygen atoms in total. The number of hydrogen-bond acceptors (Lipinski definition) is 4. The monoisotopic (exact) mass is 295 g/mol. The zero-order valence-electron chi connectivity index (χ0n) is 13.0. The van der Waals surface area contributed by atoms with E-state index < -0.39 is 0 Å². The van der Waals surface area contributed by atoms with Crippen LogP contribution in [0.1, 0.15) is 29.8 Å². The van der Waals surface area contributed by atoms with E-state index in [-0.39, 0.29) is 5.60 Å². The first-order valence-corrected chi connectivity index (χ1v) is 7.99. The Balaban J connectivity index is 1.45. The van der Waals surface area contributed by atoms with Crippen LogP contribution in [0.2, 0.25) is 0 Å². The van der Waals surface area contributed by atoms with Crippen molar-refractivity contribution in [2.45, 2.75) is 38.3 Å². The van der Waals surface area contributed by atoms with Gasteiger partial charge in [-0.1, -0.05) is 18.2 Å². The maximum atomic E-state index is 6.38. The summed E-state index contributed by atoms with van der Waals surface area (Å²) in [7, 11) is 0. The highest BCUT2D eigenvalue weighted by Crippen LogP contribution is 2.38. The van der Waals surface area contributed by atoms with Crippen LogP contribution in [0.15, 0.2) is 36.7 Å². The standard InChI is InChI=1S/C18H21N3O/c1-14-10-19-17(20-11-14)12-21-9-8-18(13-21)7-6-15-4-2-3-5-16(15)22-18/h2-5,10-11H,6-9,12-13H2,1H3. The number of aromatic nitrogens is 2. The summed E-state index contributed by atoms with van der Waals surface area (Å²) in [6.45, 7) is 4.85. The third-order valence-corrected chi connectivity index (χ3v) is 4.74. The first-order valence-electron chi connectivity index (χ1n) is 7.99. The first kappa shape index (κ1) is 13.7. The Hall–Kier alpha value is -1.94. The maximum Gasteiger partial charge on any atom is 0.142 e. The predicted octanol–water partition coefficient (Wildman–Crippen LogP) is 2.75. The Kier molecular flexibility index (Phi) is 3.34. The van der Waals surface area contributed by atoms with Gasteiger partial charge in [0, 0.05) is 31.9 Å². The molecule has 0 amide bonds. The van der Waals surface area contributed by atoms with Crippen LogP contribution in [-0.4, -0.2) is 33.6 Å². The molecule has 1 spiro atoms. The van der Waals surface area contributed by atoms with Gasteiger partial charge in [-0.05, 0) is 37.0 Å². The van der Waals surface area contributed by atoms with Gasteiger partial charge in [-0.25, -0.2) is 9.97 Å². The molecule has 0 aliphatic carbocycles. The Labute approximate surface area is 131 Å². The van der Waals surface area contributed by atoms with Crippen molar-refractivity contribution in [1.82, 2.24) is 14.9 Å². The van der Waals surface area contributed by atoms with Gasteiger partial charge in [0.05, 0.1) is 6.54 Å². The highest BCUT2D eigenvalue weighted by atomic mass is 16.5. The van der Waals surface area contributed by atoms with E-state index in [4.69, 9.17) is 4.74 Å². The second-order valence-electron chi connectivity index (χ2n) is 6.53. The van der Waals surface area contributed by atoms with Crippen molar-refractivity contribution in [2.75, 3.05) is 13.1 Å². The summed E-state index contributed by atoms with van der Waals surface area (Å²) in [5.41, 5.74) is 2.43. The molecule has 0 N–H and O–H groups in total. The van der Waals surface area contributed by atoms with Crippen LogP contribution in [0, 0.1) is 6.92 Å². The van der Waals surface area contributed by atoms with Crippen molar-refractivity contribution in [3.8, 4) is 5.75 Å². The molecule has 3 heterocycles. The average molecular weight is 295 g/mol. The minimum absolute atomic E-state index is 0.0148. The van der Waals surface area contributed by atoms with E-state index in [1.165, 1.54) is 5.56 Å². The van der Waals surface area contributed by atoms with Crippen molar-refractivity contribution in [3.05, 3.63) is 53.6 Å². The van der Waals surface area contributed by atoms with Crippen molar-refractivity contribution < 1.29 is 4.74 Å². The summed E-state index contributed by atoms with van der Waals surface area (Å²) in [6, 6.07) is 8.43. The minimum atomic E-state index is -0.0148. The highest BCUT2D eigenvalue weighted by molar-refractivity contribution is 5.36. The summed E-state index contributed by atoms with van der Waals surface area (Å²) in [6.07, 6.45) is 7.09. The molecule has 114 valence electrons. The molecule has 1 saturated heterocycles. The summed E-state index contributed by atoms with van der Waals surface area (Å²) >= 11 is 0. The van der Waals surface area contributed by atoms with Gasteiger partial charge in [-0.3, -0.25) is 4.90 Å². The maximum absolute atomic E-state index is 6.38. The molecular formula is C18H21N3O. The zero-order chi connectivity index (χ0) is 15.0. The lowest BCUT2D eigenvalue weighted by Gasteiger charge is -2.35. The van der Waals surface area contributed by atoms with E-state index in [2.05, 4.69) is 39.1 Å². The van der Waals surface area contributed by atoms with Crippen LogP contribution >= 0.6 is 0 Å². The van der Waals surface area contributed by atoms with Gasteiger partial charge in [-0.15, -0.1) is 0 Å². The highest BCUT2D eigenvalue weighted by Gasteiger charge is 2.42. The molecule has 4 rings (SSSR count). The van der Waals surface area contributed by atoms with Gasteiger partial charge in [-0.2, -0.15) is 0 Å². The summed E-state index contributed by atoms with van der Waals surface area (Å²) < 4.78 is 6.38. The van der Waals surface area contributed by atoms with Crippen LogP contribution in [0.4, 0.5) is 0 Å². The Morgan fingerprint density at radius 2 is 2.00 bits per heavy atom. The molecule has 0 bridgehead atoms. The van der Waals surface area contributed by atoms with Gasteiger partial charge in [0.25, 0.3) is 0 Å². The van der Waals surface area contributed by atoms with E-state index in [9.17, 15) is 0 Å². The minimum Gasteiger partial charge on any atom is -0.486 e. The molecule has 1 fully saturated rings. The fraction of sp³-hybridized carbons (Fsp3) is 0.444. The average Bonchev–Trinajstić information content (AvgIpc) is 2.92. The van der Waals surface area contributed by atoms with Crippen molar-refractivity contribution in [2.24, 2.45) is 0 Å². The Morgan fingerprint density at radius 3 is 2.86 bits per heavy atom. The van der Waals surface area contributed by atoms with Crippen LogP contribution in [0.25, 0.3) is 0 Å². The molecule has 2 aliphatic rings. The molecule has 1 unspecified atom stereocenters. The second-order valence-corrected chi connectivity index (χ2v) is 6.53. The van der Waals surface area contributed by atoms with Gasteiger partial charge in [0.1, 0.15) is 17.2 Å². The fourth-order valence-electron chi connectivity index (χ4n) is 3.51. The molecular weight excluding hydrogens is 274 g/mol. The van der Waals surface area contributed by atoms with Crippen LogP contribution in [-0.2, 0) is 13.0 Å². The fourth-order valence-corrected chi connectivity index (χ4v) is 3.51. The van der Waals surface area contributed by atoms with Gasteiger partial charge >= 0.3 is 0 Å². The molecule has 4 heteroatoms. The van der Waals surface area contributed by atoms with Crippen molar-refractivity contribution >= 4 is 0 Å². The second kappa shape index (κ2) is 5.36. The zero-order valence-corrected chi connectivity index (χ0v) is 13.0. The molecule has 0 saturated carbocycles. The molecule has 2 aliphatic heterocycles. The van der Waals surface area contributed by atoms with Crippen molar-refractivity contribution in [1.29, 1.82) is 0 Å². The summed E-state index contributed by atoms with van der Waals surface area (Å²) in [5.74, 6) is 1.97. The van der Waals surface area contributed by atoms with Crippen LogP contribution in [0.5, 0.6) is 5.75 Å². The lowest BCUT2D eigenvalue weighted by molar-refractivity contribution is 0.0534. The number of likely N-dealkylation sites (tertiary alicyclic amines) is 1. The summed E-state index contributed by atoms with van der Waals surface area (Å²) in [5, 5.41) is 0. The third-order valence-electron chi connectivity index (χ3n) is 4.74. The number of nitrogens with zero attached hydrogens (tertiary/aromatic N) is 3. The number of fused-ring (bicyclic) bond motifs is 1. The lowest BCUT2D eigenvalue weighted by atomic mass is 9.90. The summed E-state index contributed by atoms with van der Waals surface area (Å²) in [4.78, 5) is 11.3. The first-order chi connectivity index (χ1) is 10.7. The molecule has 0 radical (unpaired) electrons. The number of ether oxygens (including phenoxy) is 1. The predicted molar refractivity (Wildman–Crippen MR) is 84.8 cm³/mol. The van der Waals surface area contributed by atoms with E-state index in [1.54, 1.807) is 0 Å². The molecule has 1 atom stereocenters. The number of benzene rings is 1. The smallest absolute Gasteiger partial charge is 0.142 e. The number of aryl methyl sites for hydroxylation is 2. The van der Waals surface area contributed by atoms with Gasteiger partial charge in [0.15, 0.2) is 0 Å². The topological polar surface area (TPSA) is 38.2 Å². The van der Waals surface area contributed by atoms with E-state index in [0.717, 1.165) is 56.0 Å². The Morgan fingerprint density at radius 1 is 1.18 bits per heavy atom. The molecule has 2 aromatic rings. The SMILES string of the molecule is Cc1cnc(CN2CCC3(CCc4ccccc4O3)C2)nc1. The molecule has 1 aromatic heterocycles. The van der Waals surface area contributed by atoms with E-state index in [0.29, 0.717) is 0 Å². The van der Waals surface area contributed by atoms with Crippen molar-refractivity contribution in [3.63, 3.8) is 0 Å². The lowest BCUT2D eigenvalue weighted by Crippen LogP contribution is -2.42. The van der Waals surface area contributed by atoms with E-state index >= 15 is 0 Å².